The number of carbonyl (C=O) groups is 1. The summed E-state index contributed by atoms with van der Waals surface area (Å²) in [7, 11) is 0. The van der Waals surface area contributed by atoms with Crippen molar-refractivity contribution in [2.75, 3.05) is 6.61 Å². The summed E-state index contributed by atoms with van der Waals surface area (Å²) >= 11 is 0. The van der Waals surface area contributed by atoms with Crippen LogP contribution in [0.25, 0.3) is 10.8 Å². The van der Waals surface area contributed by atoms with Gasteiger partial charge in [0.2, 0.25) is 0 Å². The molecule has 0 bridgehead atoms. The predicted octanol–water partition coefficient (Wildman–Crippen LogP) is 9.18. The Bertz CT molecular complexity index is 768. The Balaban J connectivity index is 1.45. The van der Waals surface area contributed by atoms with Gasteiger partial charge in [-0.3, -0.25) is 0 Å². The normalized spacial score (nSPS) is 11.2. The number of fused-ring (bicyclic) bond motifs is 1. The summed E-state index contributed by atoms with van der Waals surface area (Å²) in [6.07, 6.45) is 21.6. The molecular formula is C29H44O3. The summed E-state index contributed by atoms with van der Waals surface area (Å²) in [5.74, 6) is -0.254. The Labute approximate surface area is 195 Å². The van der Waals surface area contributed by atoms with Gasteiger partial charge in [0.05, 0.1) is 12.2 Å². The van der Waals surface area contributed by atoms with Gasteiger partial charge < -0.3 is 9.84 Å². The number of hydrogen-bond acceptors (Lipinski definition) is 2. The quantitative estimate of drug-likeness (QED) is 0.221. The van der Waals surface area contributed by atoms with E-state index in [1.807, 2.05) is 30.3 Å². The Kier molecular flexibility index (Phi) is 13.6. The van der Waals surface area contributed by atoms with E-state index >= 15 is 0 Å². The minimum atomic E-state index is -0.908. The lowest BCUT2D eigenvalue weighted by atomic mass is 10.0. The molecule has 0 saturated heterocycles. The van der Waals surface area contributed by atoms with E-state index in [2.05, 4.69) is 6.92 Å². The van der Waals surface area contributed by atoms with E-state index in [0.29, 0.717) is 17.9 Å². The van der Waals surface area contributed by atoms with Gasteiger partial charge in [0, 0.05) is 0 Å². The zero-order chi connectivity index (χ0) is 22.9. The molecule has 2 aromatic rings. The molecule has 0 saturated carbocycles. The van der Waals surface area contributed by atoms with Crippen LogP contribution in [0.4, 0.5) is 0 Å². The first kappa shape index (κ1) is 26.2. The van der Waals surface area contributed by atoms with Crippen LogP contribution in [0, 0.1) is 0 Å². The Morgan fingerprint density at radius 3 is 1.75 bits per heavy atom. The van der Waals surface area contributed by atoms with Crippen molar-refractivity contribution >= 4 is 16.7 Å². The predicted molar refractivity (Wildman–Crippen MR) is 136 cm³/mol. The maximum atomic E-state index is 11.5. The fraction of sp³-hybridized carbons (Fsp3) is 0.621. The van der Waals surface area contributed by atoms with E-state index in [1.165, 1.54) is 96.3 Å². The lowest BCUT2D eigenvalue weighted by molar-refractivity contribution is 0.0698. The third kappa shape index (κ3) is 10.5. The van der Waals surface area contributed by atoms with Crippen LogP contribution in [0.1, 0.15) is 120 Å². The molecule has 3 nitrogen and oxygen atoms in total. The summed E-state index contributed by atoms with van der Waals surface area (Å²) in [6, 6.07) is 11.2. The molecule has 0 fully saturated rings. The van der Waals surface area contributed by atoms with Gasteiger partial charge in [-0.25, -0.2) is 4.79 Å². The van der Waals surface area contributed by atoms with Gasteiger partial charge in [-0.1, -0.05) is 128 Å². The van der Waals surface area contributed by atoms with Gasteiger partial charge in [0.25, 0.3) is 0 Å². The second-order valence-corrected chi connectivity index (χ2v) is 9.15. The van der Waals surface area contributed by atoms with Crippen molar-refractivity contribution < 1.29 is 14.6 Å². The molecule has 0 aliphatic rings. The molecule has 2 aromatic carbocycles. The molecule has 0 aromatic heterocycles. The van der Waals surface area contributed by atoms with E-state index < -0.39 is 5.97 Å². The molecule has 32 heavy (non-hydrogen) atoms. The molecule has 0 atom stereocenters. The number of rotatable bonds is 19. The smallest absolute Gasteiger partial charge is 0.336 e. The van der Waals surface area contributed by atoms with Gasteiger partial charge in [-0.05, 0) is 29.3 Å². The molecule has 0 amide bonds. The average molecular weight is 441 g/mol. The third-order valence-corrected chi connectivity index (χ3v) is 6.33. The molecule has 0 aliphatic carbocycles. The standard InChI is InChI=1S/C29H44O3/c1-2-3-4-5-6-7-8-9-10-11-12-13-14-15-16-19-22-32-26-23-25-20-17-18-21-27(25)28(24-26)29(30)31/h17-18,20-21,23-24H,2-16,19,22H2,1H3,(H,30,31). The first-order valence-corrected chi connectivity index (χ1v) is 13.1. The number of carboxylic acids is 1. The zero-order valence-electron chi connectivity index (χ0n) is 20.2. The van der Waals surface area contributed by atoms with E-state index in [0.717, 1.165) is 17.2 Å². The largest absolute Gasteiger partial charge is 0.494 e. The van der Waals surface area contributed by atoms with Crippen LogP contribution in [0.2, 0.25) is 0 Å². The molecule has 178 valence electrons. The van der Waals surface area contributed by atoms with Gasteiger partial charge in [-0.2, -0.15) is 0 Å². The molecule has 0 radical (unpaired) electrons. The summed E-state index contributed by atoms with van der Waals surface area (Å²) < 4.78 is 5.86. The highest BCUT2D eigenvalue weighted by Gasteiger charge is 2.10. The zero-order valence-corrected chi connectivity index (χ0v) is 20.2. The number of hydrogen-bond donors (Lipinski definition) is 1. The Hall–Kier alpha value is -2.03. The lowest BCUT2D eigenvalue weighted by Crippen LogP contribution is -2.01. The number of aromatic carboxylic acids is 1. The van der Waals surface area contributed by atoms with Crippen LogP contribution in [-0.2, 0) is 0 Å². The minimum Gasteiger partial charge on any atom is -0.494 e. The van der Waals surface area contributed by atoms with E-state index in [1.54, 1.807) is 6.07 Å². The highest BCUT2D eigenvalue weighted by atomic mass is 16.5. The van der Waals surface area contributed by atoms with Crippen LogP contribution >= 0.6 is 0 Å². The molecule has 2 rings (SSSR count). The highest BCUT2D eigenvalue weighted by Crippen LogP contribution is 2.26. The number of unbranched alkanes of at least 4 members (excludes halogenated alkanes) is 15. The maximum Gasteiger partial charge on any atom is 0.336 e. The summed E-state index contributed by atoms with van der Waals surface area (Å²) in [5.41, 5.74) is 0.310. The third-order valence-electron chi connectivity index (χ3n) is 6.33. The van der Waals surface area contributed by atoms with Crippen molar-refractivity contribution in [2.45, 2.75) is 110 Å². The van der Waals surface area contributed by atoms with Crippen LogP contribution < -0.4 is 4.74 Å². The fourth-order valence-corrected chi connectivity index (χ4v) is 4.38. The molecule has 0 heterocycles. The molecule has 0 spiro atoms. The lowest BCUT2D eigenvalue weighted by Gasteiger charge is -2.10. The molecule has 1 N–H and O–H groups in total. The van der Waals surface area contributed by atoms with Crippen molar-refractivity contribution in [3.63, 3.8) is 0 Å². The molecular weight excluding hydrogens is 396 g/mol. The number of carboxylic acid groups (broad SMARTS) is 1. The second kappa shape index (κ2) is 16.6. The summed E-state index contributed by atoms with van der Waals surface area (Å²) in [5, 5.41) is 11.1. The van der Waals surface area contributed by atoms with Crippen LogP contribution in [0.3, 0.4) is 0 Å². The number of benzene rings is 2. The van der Waals surface area contributed by atoms with Gasteiger partial charge in [-0.15, -0.1) is 0 Å². The average Bonchev–Trinajstić information content (AvgIpc) is 2.80. The number of ether oxygens (including phenoxy) is 1. The van der Waals surface area contributed by atoms with Gasteiger partial charge in [0.15, 0.2) is 0 Å². The summed E-state index contributed by atoms with van der Waals surface area (Å²) in [4.78, 5) is 11.5. The van der Waals surface area contributed by atoms with Gasteiger partial charge >= 0.3 is 5.97 Å². The van der Waals surface area contributed by atoms with Gasteiger partial charge in [0.1, 0.15) is 5.75 Å². The van der Waals surface area contributed by atoms with Crippen molar-refractivity contribution in [2.24, 2.45) is 0 Å². The van der Waals surface area contributed by atoms with E-state index in [4.69, 9.17) is 4.74 Å². The fourth-order valence-electron chi connectivity index (χ4n) is 4.38. The van der Waals surface area contributed by atoms with Crippen LogP contribution in [0.5, 0.6) is 5.75 Å². The SMILES string of the molecule is CCCCCCCCCCCCCCCCCCOc1cc(C(=O)O)c2ccccc2c1. The second-order valence-electron chi connectivity index (χ2n) is 9.15. The Morgan fingerprint density at radius 2 is 1.22 bits per heavy atom. The first-order valence-electron chi connectivity index (χ1n) is 13.1. The van der Waals surface area contributed by atoms with E-state index in [9.17, 15) is 9.90 Å². The van der Waals surface area contributed by atoms with E-state index in [-0.39, 0.29) is 0 Å². The monoisotopic (exact) mass is 440 g/mol. The highest BCUT2D eigenvalue weighted by molar-refractivity contribution is 6.04. The topological polar surface area (TPSA) is 46.5 Å². The minimum absolute atomic E-state index is 0.310. The first-order chi connectivity index (χ1) is 15.7. The van der Waals surface area contributed by atoms with Crippen LogP contribution in [0.15, 0.2) is 36.4 Å². The summed E-state index contributed by atoms with van der Waals surface area (Å²) in [6.45, 7) is 2.93. The van der Waals surface area contributed by atoms with Crippen molar-refractivity contribution in [3.8, 4) is 5.75 Å². The van der Waals surface area contributed by atoms with Crippen LogP contribution in [-0.4, -0.2) is 17.7 Å². The molecule has 0 unspecified atom stereocenters. The van der Waals surface area contributed by atoms with Crippen molar-refractivity contribution in [1.82, 2.24) is 0 Å². The Morgan fingerprint density at radius 1 is 0.719 bits per heavy atom. The maximum absolute atomic E-state index is 11.5. The molecule has 3 heteroatoms. The van der Waals surface area contributed by atoms with Crippen molar-refractivity contribution in [1.29, 1.82) is 0 Å². The molecule has 0 aliphatic heterocycles. The van der Waals surface area contributed by atoms with Crippen molar-refractivity contribution in [3.05, 3.63) is 42.0 Å².